The molecule has 1 amide bonds. The number of carbonyl (C=O) groups excluding carboxylic acids is 1. The highest BCUT2D eigenvalue weighted by Gasteiger charge is 2.11. The molecule has 0 radical (unpaired) electrons. The summed E-state index contributed by atoms with van der Waals surface area (Å²) in [4.78, 5) is 13.0. The number of hydrogen-bond donors (Lipinski definition) is 0. The Labute approximate surface area is 114 Å². The molecule has 0 saturated carbocycles. The molecular weight excluding hydrogens is 242 g/mol. The van der Waals surface area contributed by atoms with Crippen LogP contribution in [0.3, 0.4) is 0 Å². The molecule has 0 spiro atoms. The molecular formula is C15H21NO3. The molecule has 0 bridgehead atoms. The fourth-order valence-corrected chi connectivity index (χ4v) is 2.05. The van der Waals surface area contributed by atoms with E-state index in [1.165, 1.54) is 5.56 Å². The van der Waals surface area contributed by atoms with Crippen LogP contribution in [-0.4, -0.2) is 38.1 Å². The van der Waals surface area contributed by atoms with Crippen LogP contribution in [0.1, 0.15) is 24.8 Å². The first-order valence-electron chi connectivity index (χ1n) is 6.75. The Kier molecular flexibility index (Phi) is 4.66. The molecule has 1 aliphatic heterocycles. The van der Waals surface area contributed by atoms with E-state index in [2.05, 4.69) is 6.07 Å². The van der Waals surface area contributed by atoms with E-state index >= 15 is 0 Å². The van der Waals surface area contributed by atoms with Gasteiger partial charge in [0.2, 0.25) is 5.91 Å². The van der Waals surface area contributed by atoms with E-state index in [1.54, 1.807) is 19.0 Å². The van der Waals surface area contributed by atoms with Gasteiger partial charge in [-0.25, -0.2) is 0 Å². The minimum absolute atomic E-state index is 0.136. The van der Waals surface area contributed by atoms with Crippen LogP contribution < -0.4 is 9.47 Å². The van der Waals surface area contributed by atoms with Gasteiger partial charge in [0.05, 0.1) is 13.2 Å². The van der Waals surface area contributed by atoms with Crippen LogP contribution in [0.4, 0.5) is 0 Å². The number of benzene rings is 1. The number of carbonyl (C=O) groups is 1. The molecule has 104 valence electrons. The van der Waals surface area contributed by atoms with Crippen LogP contribution in [0.25, 0.3) is 0 Å². The number of rotatable bonds is 5. The van der Waals surface area contributed by atoms with Gasteiger partial charge in [0.25, 0.3) is 0 Å². The number of amides is 1. The zero-order valence-electron chi connectivity index (χ0n) is 11.6. The first kappa shape index (κ1) is 13.7. The van der Waals surface area contributed by atoms with E-state index in [9.17, 15) is 4.79 Å². The molecule has 0 saturated heterocycles. The topological polar surface area (TPSA) is 38.8 Å². The quantitative estimate of drug-likeness (QED) is 0.765. The summed E-state index contributed by atoms with van der Waals surface area (Å²) in [6.07, 6.45) is 3.41. The SMILES string of the molecule is CN(C)C(=O)CCCOc1ccc2c(c1)OCCC2. The maximum atomic E-state index is 11.4. The van der Waals surface area contributed by atoms with Gasteiger partial charge in [-0.1, -0.05) is 6.07 Å². The monoisotopic (exact) mass is 263 g/mol. The molecule has 0 aromatic heterocycles. The molecule has 2 rings (SSSR count). The predicted octanol–water partition coefficient (Wildman–Crippen LogP) is 2.26. The Morgan fingerprint density at radius 2 is 2.26 bits per heavy atom. The molecule has 4 heteroatoms. The Hall–Kier alpha value is -1.71. The third-order valence-electron chi connectivity index (χ3n) is 3.19. The Morgan fingerprint density at radius 1 is 1.42 bits per heavy atom. The maximum Gasteiger partial charge on any atom is 0.222 e. The number of hydrogen-bond acceptors (Lipinski definition) is 3. The highest BCUT2D eigenvalue weighted by atomic mass is 16.5. The van der Waals surface area contributed by atoms with Crippen LogP contribution in [0, 0.1) is 0 Å². The Balaban J connectivity index is 1.79. The van der Waals surface area contributed by atoms with E-state index in [4.69, 9.17) is 9.47 Å². The number of fused-ring (bicyclic) bond motifs is 1. The smallest absolute Gasteiger partial charge is 0.222 e. The third kappa shape index (κ3) is 3.88. The summed E-state index contributed by atoms with van der Waals surface area (Å²) < 4.78 is 11.3. The maximum absolute atomic E-state index is 11.4. The fraction of sp³-hybridized carbons (Fsp3) is 0.533. The normalized spacial score (nSPS) is 13.4. The fourth-order valence-electron chi connectivity index (χ4n) is 2.05. The summed E-state index contributed by atoms with van der Waals surface area (Å²) in [6, 6.07) is 5.98. The number of aryl methyl sites for hydroxylation is 1. The van der Waals surface area contributed by atoms with Gasteiger partial charge in [0.15, 0.2) is 0 Å². The highest BCUT2D eigenvalue weighted by molar-refractivity contribution is 5.75. The van der Waals surface area contributed by atoms with Gasteiger partial charge < -0.3 is 14.4 Å². The van der Waals surface area contributed by atoms with Gasteiger partial charge in [-0.05, 0) is 30.9 Å². The molecule has 0 N–H and O–H groups in total. The molecule has 0 unspecified atom stereocenters. The van der Waals surface area contributed by atoms with Crippen LogP contribution in [-0.2, 0) is 11.2 Å². The minimum Gasteiger partial charge on any atom is -0.493 e. The van der Waals surface area contributed by atoms with Gasteiger partial charge in [0.1, 0.15) is 11.5 Å². The van der Waals surface area contributed by atoms with E-state index in [0.717, 1.165) is 37.4 Å². The summed E-state index contributed by atoms with van der Waals surface area (Å²) in [5.74, 6) is 1.89. The zero-order chi connectivity index (χ0) is 13.7. The van der Waals surface area contributed by atoms with Crippen molar-refractivity contribution in [3.63, 3.8) is 0 Å². The van der Waals surface area contributed by atoms with E-state index < -0.39 is 0 Å². The molecule has 1 aromatic rings. The molecule has 1 aliphatic rings. The largest absolute Gasteiger partial charge is 0.493 e. The Bertz CT molecular complexity index is 443. The number of nitrogens with zero attached hydrogens (tertiary/aromatic N) is 1. The summed E-state index contributed by atoms with van der Waals surface area (Å²) in [6.45, 7) is 1.34. The summed E-state index contributed by atoms with van der Waals surface area (Å²) >= 11 is 0. The van der Waals surface area contributed by atoms with Gasteiger partial charge in [-0.15, -0.1) is 0 Å². The van der Waals surface area contributed by atoms with Crippen molar-refractivity contribution < 1.29 is 14.3 Å². The second-order valence-corrected chi connectivity index (χ2v) is 4.96. The Morgan fingerprint density at radius 3 is 3.05 bits per heavy atom. The lowest BCUT2D eigenvalue weighted by molar-refractivity contribution is -0.128. The predicted molar refractivity (Wildman–Crippen MR) is 73.7 cm³/mol. The van der Waals surface area contributed by atoms with Crippen molar-refractivity contribution in [1.29, 1.82) is 0 Å². The first-order valence-corrected chi connectivity index (χ1v) is 6.75. The molecule has 1 aromatic carbocycles. The van der Waals surface area contributed by atoms with Gasteiger partial charge >= 0.3 is 0 Å². The van der Waals surface area contributed by atoms with Crippen molar-refractivity contribution in [1.82, 2.24) is 4.90 Å². The van der Waals surface area contributed by atoms with Crippen molar-refractivity contribution in [3.05, 3.63) is 23.8 Å². The first-order chi connectivity index (χ1) is 9.16. The molecule has 0 aliphatic carbocycles. The van der Waals surface area contributed by atoms with Gasteiger partial charge in [0, 0.05) is 26.6 Å². The minimum atomic E-state index is 0.136. The second kappa shape index (κ2) is 6.45. The lowest BCUT2D eigenvalue weighted by Crippen LogP contribution is -2.21. The molecule has 4 nitrogen and oxygen atoms in total. The molecule has 1 heterocycles. The second-order valence-electron chi connectivity index (χ2n) is 4.96. The number of ether oxygens (including phenoxy) is 2. The van der Waals surface area contributed by atoms with Crippen LogP contribution in [0.5, 0.6) is 11.5 Å². The highest BCUT2D eigenvalue weighted by Crippen LogP contribution is 2.29. The van der Waals surface area contributed by atoms with Gasteiger partial charge in [-0.2, -0.15) is 0 Å². The molecule has 0 atom stereocenters. The van der Waals surface area contributed by atoms with Crippen LogP contribution in [0.2, 0.25) is 0 Å². The molecule has 19 heavy (non-hydrogen) atoms. The van der Waals surface area contributed by atoms with Crippen LogP contribution >= 0.6 is 0 Å². The summed E-state index contributed by atoms with van der Waals surface area (Å²) in [5, 5.41) is 0. The average Bonchev–Trinajstić information content (AvgIpc) is 2.43. The van der Waals surface area contributed by atoms with Crippen molar-refractivity contribution in [2.75, 3.05) is 27.3 Å². The standard InChI is InChI=1S/C15H21NO3/c1-16(2)15(17)6-4-9-18-13-8-7-12-5-3-10-19-14(12)11-13/h7-8,11H,3-6,9-10H2,1-2H3. The van der Waals surface area contributed by atoms with E-state index in [0.29, 0.717) is 13.0 Å². The summed E-state index contributed by atoms with van der Waals surface area (Å²) in [5.41, 5.74) is 1.25. The third-order valence-corrected chi connectivity index (χ3v) is 3.19. The summed E-state index contributed by atoms with van der Waals surface area (Å²) in [7, 11) is 3.54. The lowest BCUT2D eigenvalue weighted by Gasteiger charge is -2.18. The van der Waals surface area contributed by atoms with Crippen LogP contribution in [0.15, 0.2) is 18.2 Å². The van der Waals surface area contributed by atoms with Gasteiger partial charge in [-0.3, -0.25) is 4.79 Å². The van der Waals surface area contributed by atoms with Crippen molar-refractivity contribution in [2.24, 2.45) is 0 Å². The van der Waals surface area contributed by atoms with Crippen molar-refractivity contribution in [2.45, 2.75) is 25.7 Å². The van der Waals surface area contributed by atoms with Crippen molar-refractivity contribution >= 4 is 5.91 Å². The van der Waals surface area contributed by atoms with Crippen molar-refractivity contribution in [3.8, 4) is 11.5 Å². The van der Waals surface area contributed by atoms with E-state index in [-0.39, 0.29) is 5.91 Å². The zero-order valence-corrected chi connectivity index (χ0v) is 11.6. The lowest BCUT2D eigenvalue weighted by atomic mass is 10.1. The average molecular weight is 263 g/mol. The van der Waals surface area contributed by atoms with E-state index in [1.807, 2.05) is 12.1 Å². The molecule has 0 fully saturated rings.